The summed E-state index contributed by atoms with van der Waals surface area (Å²) in [4.78, 5) is 0. The van der Waals surface area contributed by atoms with Crippen LogP contribution >= 0.6 is 12.4 Å². The van der Waals surface area contributed by atoms with Gasteiger partial charge in [-0.3, -0.25) is 0 Å². The summed E-state index contributed by atoms with van der Waals surface area (Å²) >= 11 is 0. The summed E-state index contributed by atoms with van der Waals surface area (Å²) in [6, 6.07) is 8.24. The van der Waals surface area contributed by atoms with Gasteiger partial charge in [-0.25, -0.2) is 0 Å². The predicted molar refractivity (Wildman–Crippen MR) is 47.5 cm³/mol. The van der Waals surface area contributed by atoms with E-state index in [0.29, 0.717) is 6.61 Å². The van der Waals surface area contributed by atoms with Crippen molar-refractivity contribution in [1.29, 1.82) is 0 Å². The zero-order valence-corrected chi connectivity index (χ0v) is 6.80. The van der Waals surface area contributed by atoms with Gasteiger partial charge in [0.05, 0.1) is 6.26 Å². The van der Waals surface area contributed by atoms with Crippen molar-refractivity contribution in [2.24, 2.45) is 0 Å². The van der Waals surface area contributed by atoms with E-state index in [9.17, 15) is 0 Å². The van der Waals surface area contributed by atoms with Gasteiger partial charge in [-0.15, -0.1) is 12.4 Å². The average molecular weight is 169 g/mol. The first-order valence-electron chi connectivity index (χ1n) is 3.33. The Morgan fingerprint density at radius 3 is 2.82 bits per heavy atom. The summed E-state index contributed by atoms with van der Waals surface area (Å²) in [7, 11) is 0. The summed E-state index contributed by atoms with van der Waals surface area (Å²) in [5.41, 5.74) is 2.54. The van der Waals surface area contributed by atoms with Gasteiger partial charge < -0.3 is 4.74 Å². The van der Waals surface area contributed by atoms with E-state index in [2.05, 4.69) is 12.1 Å². The number of hydrogen-bond acceptors (Lipinski definition) is 1. The second-order valence-corrected chi connectivity index (χ2v) is 2.31. The molecule has 1 aliphatic rings. The number of halogens is 1. The second kappa shape index (κ2) is 3.44. The molecule has 2 rings (SSSR count). The van der Waals surface area contributed by atoms with Crippen LogP contribution in [-0.2, 0) is 11.3 Å². The van der Waals surface area contributed by atoms with Crippen LogP contribution in [0.15, 0.2) is 30.5 Å². The third-order valence-corrected chi connectivity index (χ3v) is 1.64. The number of benzene rings is 1. The third kappa shape index (κ3) is 1.55. The number of hydrogen-bond donors (Lipinski definition) is 0. The molecule has 0 atom stereocenters. The Labute approximate surface area is 72.1 Å². The highest BCUT2D eigenvalue weighted by Gasteiger charge is 2.00. The van der Waals surface area contributed by atoms with Gasteiger partial charge in [-0.2, -0.15) is 0 Å². The highest BCUT2D eigenvalue weighted by Crippen LogP contribution is 2.15. The molecule has 0 saturated carbocycles. The van der Waals surface area contributed by atoms with Crippen molar-refractivity contribution in [1.82, 2.24) is 0 Å². The summed E-state index contributed by atoms with van der Waals surface area (Å²) in [6.45, 7) is 0.715. The minimum Gasteiger partial charge on any atom is -0.496 e. The lowest BCUT2D eigenvalue weighted by molar-refractivity contribution is 0.234. The van der Waals surface area contributed by atoms with Gasteiger partial charge in [0, 0.05) is 0 Å². The van der Waals surface area contributed by atoms with E-state index in [1.54, 1.807) is 6.26 Å². The Bertz CT molecular complexity index is 268. The van der Waals surface area contributed by atoms with Gasteiger partial charge in [0.25, 0.3) is 0 Å². The molecule has 0 unspecified atom stereocenters. The smallest absolute Gasteiger partial charge is 0.113 e. The Hall–Kier alpha value is -0.950. The molecule has 0 bridgehead atoms. The fraction of sp³-hybridized carbons (Fsp3) is 0.111. The largest absolute Gasteiger partial charge is 0.496 e. The van der Waals surface area contributed by atoms with Crippen LogP contribution in [0.4, 0.5) is 0 Å². The fourth-order valence-electron chi connectivity index (χ4n) is 1.09. The van der Waals surface area contributed by atoms with Crippen LogP contribution in [0.3, 0.4) is 0 Å². The van der Waals surface area contributed by atoms with Crippen LogP contribution < -0.4 is 0 Å². The van der Waals surface area contributed by atoms with E-state index >= 15 is 0 Å². The van der Waals surface area contributed by atoms with Gasteiger partial charge in [0.15, 0.2) is 0 Å². The van der Waals surface area contributed by atoms with E-state index in [-0.39, 0.29) is 12.4 Å². The van der Waals surface area contributed by atoms with Crippen LogP contribution in [0.1, 0.15) is 11.1 Å². The maximum absolute atomic E-state index is 5.12. The van der Waals surface area contributed by atoms with Crippen molar-refractivity contribution in [2.75, 3.05) is 0 Å². The summed E-state index contributed by atoms with van der Waals surface area (Å²) in [5.74, 6) is 0. The quantitative estimate of drug-likeness (QED) is 0.579. The number of fused-ring (bicyclic) bond motifs is 1. The first-order chi connectivity index (χ1) is 4.97. The SMILES string of the molecule is C1=Cc2ccccc2CO1.Cl. The maximum atomic E-state index is 5.12. The zero-order chi connectivity index (χ0) is 6.81. The lowest BCUT2D eigenvalue weighted by Gasteiger charge is -2.09. The van der Waals surface area contributed by atoms with E-state index in [1.807, 2.05) is 18.2 Å². The lowest BCUT2D eigenvalue weighted by atomic mass is 10.1. The van der Waals surface area contributed by atoms with Crippen molar-refractivity contribution < 1.29 is 4.74 Å². The molecule has 0 saturated heterocycles. The molecule has 1 aromatic rings. The molecule has 58 valence electrons. The molecule has 1 nitrogen and oxygen atoms in total. The highest BCUT2D eigenvalue weighted by atomic mass is 35.5. The Morgan fingerprint density at radius 1 is 1.18 bits per heavy atom. The van der Waals surface area contributed by atoms with Crippen molar-refractivity contribution in [3.63, 3.8) is 0 Å². The zero-order valence-electron chi connectivity index (χ0n) is 5.99. The molecule has 0 aromatic heterocycles. The fourth-order valence-corrected chi connectivity index (χ4v) is 1.09. The van der Waals surface area contributed by atoms with Crippen LogP contribution in [0.2, 0.25) is 0 Å². The van der Waals surface area contributed by atoms with E-state index < -0.39 is 0 Å². The molecule has 1 aliphatic heterocycles. The Kier molecular flexibility index (Phi) is 2.55. The van der Waals surface area contributed by atoms with Crippen molar-refractivity contribution in [3.05, 3.63) is 41.7 Å². The molecule has 0 amide bonds. The molecule has 0 spiro atoms. The molecule has 1 heterocycles. The van der Waals surface area contributed by atoms with Crippen LogP contribution in [0.5, 0.6) is 0 Å². The topological polar surface area (TPSA) is 9.23 Å². The monoisotopic (exact) mass is 168 g/mol. The summed E-state index contributed by atoms with van der Waals surface area (Å²) in [5, 5.41) is 0. The molecule has 11 heavy (non-hydrogen) atoms. The highest BCUT2D eigenvalue weighted by molar-refractivity contribution is 5.85. The predicted octanol–water partition coefficient (Wildman–Crippen LogP) is 2.61. The van der Waals surface area contributed by atoms with E-state index in [4.69, 9.17) is 4.74 Å². The van der Waals surface area contributed by atoms with Crippen LogP contribution in [-0.4, -0.2) is 0 Å². The van der Waals surface area contributed by atoms with Gasteiger partial charge in [0.1, 0.15) is 6.61 Å². The van der Waals surface area contributed by atoms with Crippen LogP contribution in [0, 0.1) is 0 Å². The Morgan fingerprint density at radius 2 is 2.00 bits per heavy atom. The number of rotatable bonds is 0. The number of ether oxygens (including phenoxy) is 1. The second-order valence-electron chi connectivity index (χ2n) is 2.31. The van der Waals surface area contributed by atoms with Gasteiger partial charge in [-0.05, 0) is 17.2 Å². The summed E-state index contributed by atoms with van der Waals surface area (Å²) < 4.78 is 5.12. The minimum absolute atomic E-state index is 0. The van der Waals surface area contributed by atoms with Crippen molar-refractivity contribution in [2.45, 2.75) is 6.61 Å². The van der Waals surface area contributed by atoms with E-state index in [1.165, 1.54) is 11.1 Å². The third-order valence-electron chi connectivity index (χ3n) is 1.64. The molecule has 2 heteroatoms. The van der Waals surface area contributed by atoms with Crippen LogP contribution in [0.25, 0.3) is 6.08 Å². The maximum Gasteiger partial charge on any atom is 0.113 e. The molecular weight excluding hydrogens is 160 g/mol. The van der Waals surface area contributed by atoms with Gasteiger partial charge in [-0.1, -0.05) is 24.3 Å². The van der Waals surface area contributed by atoms with Crippen molar-refractivity contribution >= 4 is 18.5 Å². The molecule has 0 aliphatic carbocycles. The molecule has 1 aromatic carbocycles. The van der Waals surface area contributed by atoms with Gasteiger partial charge >= 0.3 is 0 Å². The normalized spacial score (nSPS) is 12.7. The lowest BCUT2D eigenvalue weighted by Crippen LogP contribution is -1.94. The van der Waals surface area contributed by atoms with Gasteiger partial charge in [0.2, 0.25) is 0 Å². The minimum atomic E-state index is 0. The van der Waals surface area contributed by atoms with E-state index in [0.717, 1.165) is 0 Å². The molecule has 0 N–H and O–H groups in total. The standard InChI is InChI=1S/C9H8O.ClH/c1-2-4-9-7-10-6-5-8(9)3-1;/h1-6H,7H2;1H. The first kappa shape index (κ1) is 8.15. The van der Waals surface area contributed by atoms with Crippen molar-refractivity contribution in [3.8, 4) is 0 Å². The molecule has 0 fully saturated rings. The summed E-state index contributed by atoms with van der Waals surface area (Å²) in [6.07, 6.45) is 3.72. The molecule has 0 radical (unpaired) electrons. The average Bonchev–Trinajstić information content (AvgIpc) is 2.05. The Balaban J connectivity index is 0.000000605. The molecular formula is C9H9ClO. The first-order valence-corrected chi connectivity index (χ1v) is 3.33.